The van der Waals surface area contributed by atoms with Gasteiger partial charge in [-0.15, -0.1) is 0 Å². The molecular weight excluding hydrogens is 433 g/mol. The Hall–Kier alpha value is -2.44. The molecule has 0 aliphatic rings. The van der Waals surface area contributed by atoms with Crippen molar-refractivity contribution in [1.29, 1.82) is 0 Å². The Labute approximate surface area is 190 Å². The third kappa shape index (κ3) is 6.78. The lowest BCUT2D eigenvalue weighted by molar-refractivity contribution is -0.149. The fourth-order valence-electron chi connectivity index (χ4n) is 3.40. The molecule has 0 bridgehead atoms. The Morgan fingerprint density at radius 3 is 1.78 bits per heavy atom. The van der Waals surface area contributed by atoms with Gasteiger partial charge in [0.1, 0.15) is 12.4 Å². The van der Waals surface area contributed by atoms with Crippen LogP contribution in [0.4, 0.5) is 13.2 Å². The van der Waals surface area contributed by atoms with Crippen LogP contribution in [-0.4, -0.2) is 25.5 Å². The molecule has 0 aliphatic carbocycles. The van der Waals surface area contributed by atoms with E-state index in [9.17, 15) is 13.2 Å². The van der Waals surface area contributed by atoms with Crippen LogP contribution in [0.25, 0.3) is 0 Å². The van der Waals surface area contributed by atoms with E-state index in [0.717, 1.165) is 16.9 Å². The van der Waals surface area contributed by atoms with Gasteiger partial charge in [-0.2, -0.15) is 13.2 Å². The first-order chi connectivity index (χ1) is 15.2. The van der Waals surface area contributed by atoms with E-state index >= 15 is 0 Å². The molecule has 0 aromatic heterocycles. The molecule has 3 aromatic carbocycles. The average molecular weight is 462 g/mol. The highest BCUT2D eigenvalue weighted by molar-refractivity contribution is 7.97. The fourth-order valence-corrected chi connectivity index (χ4v) is 5.67. The lowest BCUT2D eigenvalue weighted by Gasteiger charge is -2.18. The van der Waals surface area contributed by atoms with E-state index in [1.54, 1.807) is 6.92 Å². The predicted octanol–water partition coefficient (Wildman–Crippen LogP) is 7.14. The van der Waals surface area contributed by atoms with Crippen molar-refractivity contribution in [2.24, 2.45) is 0 Å². The maximum atomic E-state index is 12.3. The zero-order valence-electron chi connectivity index (χ0n) is 18.5. The van der Waals surface area contributed by atoms with Gasteiger partial charge in [0.2, 0.25) is 0 Å². The number of hydrogen-bond donors (Lipinski definition) is 0. The van der Waals surface area contributed by atoms with Crippen molar-refractivity contribution in [2.75, 3.05) is 13.2 Å². The molecule has 0 amide bonds. The smallest absolute Gasteiger partial charge is 0.391 e. The molecule has 170 valence electrons. The van der Waals surface area contributed by atoms with Crippen molar-refractivity contribution in [1.82, 2.24) is 0 Å². The number of ether oxygens (including phenoxy) is 2. The van der Waals surface area contributed by atoms with Crippen LogP contribution in [0, 0.1) is 13.8 Å². The second kappa shape index (κ2) is 10.9. The fraction of sp³-hybridized carbons (Fsp3) is 0.308. The zero-order chi connectivity index (χ0) is 23.1. The van der Waals surface area contributed by atoms with Crippen LogP contribution in [0.5, 0.6) is 5.75 Å². The largest absolute Gasteiger partial charge is 0.490 e. The standard InChI is InChI=1S/C26H28F3O2S/c1-19-16-24(32(22-10-6-4-7-11-22)23-12-8-5-9-13-23)17-20(2)25(19)31-18-21(3)30-15-14-26(27,28)29/h4-13,16-17,21H,14-15,18H2,1-3H3/q+1. The van der Waals surface area contributed by atoms with Gasteiger partial charge in [0, 0.05) is 12.1 Å². The molecule has 0 heterocycles. The number of hydrogen-bond acceptors (Lipinski definition) is 2. The summed E-state index contributed by atoms with van der Waals surface area (Å²) >= 11 is 0. The number of halogens is 3. The van der Waals surface area contributed by atoms with E-state index in [2.05, 4.69) is 60.7 Å². The minimum Gasteiger partial charge on any atom is -0.490 e. The van der Waals surface area contributed by atoms with Crippen LogP contribution < -0.4 is 4.74 Å². The summed E-state index contributed by atoms with van der Waals surface area (Å²) in [7, 11) is -0.256. The van der Waals surface area contributed by atoms with E-state index in [1.165, 1.54) is 14.7 Å². The van der Waals surface area contributed by atoms with E-state index in [1.807, 2.05) is 26.0 Å². The molecule has 0 aliphatic heterocycles. The average Bonchev–Trinajstić information content (AvgIpc) is 2.74. The summed E-state index contributed by atoms with van der Waals surface area (Å²) in [6, 6.07) is 25.1. The van der Waals surface area contributed by atoms with Gasteiger partial charge >= 0.3 is 6.18 Å². The Kier molecular flexibility index (Phi) is 8.26. The SMILES string of the molecule is Cc1cc([S+](c2ccccc2)c2ccccc2)cc(C)c1OCC(C)OCCC(F)(F)F. The second-order valence-corrected chi connectivity index (χ2v) is 9.70. The van der Waals surface area contributed by atoms with Crippen molar-refractivity contribution < 1.29 is 22.6 Å². The highest BCUT2D eigenvalue weighted by Gasteiger charge is 2.30. The van der Waals surface area contributed by atoms with Gasteiger partial charge in [0.25, 0.3) is 0 Å². The lowest BCUT2D eigenvalue weighted by Crippen LogP contribution is -2.21. The first-order valence-electron chi connectivity index (χ1n) is 10.5. The van der Waals surface area contributed by atoms with Gasteiger partial charge in [-0.05, 0) is 56.2 Å². The van der Waals surface area contributed by atoms with Crippen LogP contribution in [0.2, 0.25) is 0 Å². The molecule has 0 radical (unpaired) electrons. The molecule has 0 saturated carbocycles. The van der Waals surface area contributed by atoms with Crippen LogP contribution in [-0.2, 0) is 15.6 Å². The van der Waals surface area contributed by atoms with E-state index in [4.69, 9.17) is 9.47 Å². The van der Waals surface area contributed by atoms with Crippen LogP contribution in [0.15, 0.2) is 87.5 Å². The molecule has 3 rings (SSSR count). The first kappa shape index (κ1) is 24.2. The van der Waals surface area contributed by atoms with Gasteiger partial charge in [-0.25, -0.2) is 0 Å². The number of alkyl halides is 3. The summed E-state index contributed by atoms with van der Waals surface area (Å²) in [6.07, 6.45) is -5.59. The minimum absolute atomic E-state index is 0.196. The van der Waals surface area contributed by atoms with Gasteiger partial charge < -0.3 is 9.47 Å². The Bertz CT molecular complexity index is 928. The number of benzene rings is 3. The molecular formula is C26H28F3O2S+. The molecule has 3 aromatic rings. The highest BCUT2D eigenvalue weighted by Crippen LogP contribution is 2.35. The third-order valence-corrected chi connectivity index (χ3v) is 7.07. The number of rotatable bonds is 9. The summed E-state index contributed by atoms with van der Waals surface area (Å²) in [5.74, 6) is 0.754. The second-order valence-electron chi connectivity index (χ2n) is 7.68. The zero-order valence-corrected chi connectivity index (χ0v) is 19.3. The molecule has 0 spiro atoms. The monoisotopic (exact) mass is 461 g/mol. The van der Waals surface area contributed by atoms with Gasteiger partial charge in [-0.3, -0.25) is 0 Å². The van der Waals surface area contributed by atoms with E-state index in [0.29, 0.717) is 0 Å². The number of aryl methyl sites for hydroxylation is 2. The first-order valence-corrected chi connectivity index (χ1v) is 11.7. The van der Waals surface area contributed by atoms with E-state index < -0.39 is 18.7 Å². The summed E-state index contributed by atoms with van der Waals surface area (Å²) in [5, 5.41) is 0. The molecule has 6 heteroatoms. The topological polar surface area (TPSA) is 18.5 Å². The van der Waals surface area contributed by atoms with Crippen molar-refractivity contribution in [2.45, 2.75) is 54.2 Å². The van der Waals surface area contributed by atoms with Crippen molar-refractivity contribution >= 4 is 10.9 Å². The van der Waals surface area contributed by atoms with Crippen LogP contribution in [0.1, 0.15) is 24.5 Å². The summed E-state index contributed by atoms with van der Waals surface area (Å²) in [6.45, 7) is 5.55. The molecule has 2 nitrogen and oxygen atoms in total. The Morgan fingerprint density at radius 1 is 0.812 bits per heavy atom. The normalized spacial score (nSPS) is 12.7. The van der Waals surface area contributed by atoms with Crippen LogP contribution >= 0.6 is 0 Å². The molecule has 32 heavy (non-hydrogen) atoms. The minimum atomic E-state index is -4.21. The van der Waals surface area contributed by atoms with Gasteiger partial charge in [0.15, 0.2) is 14.7 Å². The Balaban J connectivity index is 1.78. The predicted molar refractivity (Wildman–Crippen MR) is 123 cm³/mol. The molecule has 1 unspecified atom stereocenters. The van der Waals surface area contributed by atoms with Gasteiger partial charge in [0.05, 0.1) is 30.0 Å². The molecule has 0 saturated heterocycles. The van der Waals surface area contributed by atoms with Crippen molar-refractivity contribution in [3.63, 3.8) is 0 Å². The maximum absolute atomic E-state index is 12.3. The Morgan fingerprint density at radius 2 is 1.31 bits per heavy atom. The van der Waals surface area contributed by atoms with E-state index in [-0.39, 0.29) is 24.1 Å². The summed E-state index contributed by atoms with van der Waals surface area (Å²) in [4.78, 5) is 3.66. The maximum Gasteiger partial charge on any atom is 0.391 e. The lowest BCUT2D eigenvalue weighted by atomic mass is 10.1. The quantitative estimate of drug-likeness (QED) is 0.316. The molecule has 1 atom stereocenters. The summed E-state index contributed by atoms with van der Waals surface area (Å²) in [5.41, 5.74) is 1.98. The highest BCUT2D eigenvalue weighted by atomic mass is 32.2. The third-order valence-electron chi connectivity index (χ3n) is 4.88. The summed E-state index contributed by atoms with van der Waals surface area (Å²) < 4.78 is 48.1. The van der Waals surface area contributed by atoms with Crippen molar-refractivity contribution in [3.05, 3.63) is 83.9 Å². The van der Waals surface area contributed by atoms with Gasteiger partial charge in [-0.1, -0.05) is 36.4 Å². The van der Waals surface area contributed by atoms with Crippen molar-refractivity contribution in [3.8, 4) is 5.75 Å². The van der Waals surface area contributed by atoms with Crippen LogP contribution in [0.3, 0.4) is 0 Å². The molecule has 0 fully saturated rings. The molecule has 0 N–H and O–H groups in total.